The molecular weight excluding hydrogens is 789 g/mol. The Hall–Kier alpha value is -4.07. The largest absolute Gasteiger partial charge is 0.463 e. The third kappa shape index (κ3) is 11.6. The van der Waals surface area contributed by atoms with E-state index in [0.29, 0.717) is 25.4 Å². The topological polar surface area (TPSA) is 187 Å². The van der Waals surface area contributed by atoms with Gasteiger partial charge in [-0.05, 0) is 23.3 Å². The van der Waals surface area contributed by atoms with Crippen LogP contribution in [0.4, 0.5) is 5.69 Å². The zero-order valence-electron chi connectivity index (χ0n) is 34.0. The van der Waals surface area contributed by atoms with Crippen LogP contribution in [0.15, 0.2) is 48.5 Å². The van der Waals surface area contributed by atoms with E-state index in [2.05, 4.69) is 17.1 Å². The van der Waals surface area contributed by atoms with Gasteiger partial charge in [0.25, 0.3) is 0 Å². The maximum atomic E-state index is 12.3. The first-order valence-electron chi connectivity index (χ1n) is 19.9. The predicted molar refractivity (Wildman–Crippen MR) is 213 cm³/mol. The van der Waals surface area contributed by atoms with E-state index in [4.69, 9.17) is 54.8 Å². The van der Waals surface area contributed by atoms with Crippen molar-refractivity contribution in [1.29, 1.82) is 0 Å². The van der Waals surface area contributed by atoms with E-state index >= 15 is 0 Å². The van der Waals surface area contributed by atoms with Crippen molar-refractivity contribution in [1.82, 2.24) is 4.90 Å². The van der Waals surface area contributed by atoms with Gasteiger partial charge in [0.05, 0.1) is 37.0 Å². The average Bonchev–Trinajstić information content (AvgIpc) is 3.65. The molecule has 0 aromatic heterocycles. The molecule has 2 N–H and O–H groups in total. The Labute approximate surface area is 349 Å². The summed E-state index contributed by atoms with van der Waals surface area (Å²) in [6.45, 7) is 10.00. The Morgan fingerprint density at radius 2 is 1.42 bits per heavy atom. The molecule has 9 unspecified atom stereocenters. The number of esters is 4. The number of piperidine rings is 1. The fourth-order valence-electron chi connectivity index (χ4n) is 8.08. The van der Waals surface area contributed by atoms with Gasteiger partial charge in [-0.15, -0.1) is 0 Å². The lowest BCUT2D eigenvalue weighted by atomic mass is 9.89. The van der Waals surface area contributed by atoms with E-state index in [1.165, 1.54) is 27.7 Å². The first kappa shape index (κ1) is 44.5. The Morgan fingerprint density at radius 3 is 2.03 bits per heavy atom. The number of nitrogens with one attached hydrogen (secondary N) is 1. The fourth-order valence-corrected chi connectivity index (χ4v) is 8.37. The number of nitrogens with zero attached hydrogens (tertiary/aromatic N) is 1. The number of likely N-dealkylation sites (tertiary alicyclic amines) is 1. The lowest BCUT2D eigenvalue weighted by Gasteiger charge is -2.44. The van der Waals surface area contributed by atoms with Gasteiger partial charge in [0.15, 0.2) is 30.4 Å². The molecule has 0 radical (unpaired) electrons. The van der Waals surface area contributed by atoms with Crippen molar-refractivity contribution in [2.75, 3.05) is 44.8 Å². The molecular formula is C42H54N2O14S. The first-order chi connectivity index (χ1) is 28.2. The molecule has 2 aromatic carbocycles. The summed E-state index contributed by atoms with van der Waals surface area (Å²) in [5.41, 5.74) is 3.13. The molecule has 4 aliphatic heterocycles. The Balaban J connectivity index is 1.20. The normalized spacial score (nSPS) is 29.3. The van der Waals surface area contributed by atoms with Gasteiger partial charge in [-0.1, -0.05) is 55.5 Å². The van der Waals surface area contributed by atoms with Crippen LogP contribution in [-0.2, 0) is 68.4 Å². The van der Waals surface area contributed by atoms with E-state index < -0.39 is 66.5 Å². The van der Waals surface area contributed by atoms with Gasteiger partial charge in [0.1, 0.15) is 18.8 Å². The van der Waals surface area contributed by atoms with E-state index in [0.717, 1.165) is 42.6 Å². The number of thiocarbonyl (C=S) groups is 1. The number of rotatable bonds is 13. The molecule has 2 aromatic rings. The number of hydrogen-bond donors (Lipinski definition) is 2. The number of benzene rings is 2. The molecule has 17 heteroatoms. The molecule has 0 saturated carbocycles. The minimum atomic E-state index is -1.30. The number of ether oxygens (including phenoxy) is 9. The smallest absolute Gasteiger partial charge is 0.303 e. The summed E-state index contributed by atoms with van der Waals surface area (Å²) in [6.07, 6.45) is -5.64. The number of aliphatic hydroxyl groups is 1. The van der Waals surface area contributed by atoms with Crippen LogP contribution in [0.5, 0.6) is 0 Å². The minimum Gasteiger partial charge on any atom is -0.463 e. The fraction of sp³-hybridized carbons (Fsp3) is 0.595. The molecule has 4 heterocycles. The SMILES string of the molecule is CC(=O)OCC1OC(CC(=S)Nc2cccc(C3OC(CN4CCC5(CC4)OCCO5)C(C)C(c4ccc(CO)cc4)O3)c2)C(OC(C)=O)C(OC(C)=O)C1OC(C)=O. The van der Waals surface area contributed by atoms with Crippen molar-refractivity contribution in [2.24, 2.45) is 5.92 Å². The molecule has 0 amide bonds. The number of anilines is 1. The summed E-state index contributed by atoms with van der Waals surface area (Å²) >= 11 is 5.81. The molecule has 59 heavy (non-hydrogen) atoms. The van der Waals surface area contributed by atoms with Crippen LogP contribution in [0.25, 0.3) is 0 Å². The summed E-state index contributed by atoms with van der Waals surface area (Å²) in [6, 6.07) is 15.2. The maximum Gasteiger partial charge on any atom is 0.303 e. The standard InChI is InChI=1S/C42H54N2O14S/c1-24-34(21-44-15-13-42(14-16-44)51-17-18-52-42)57-41(58-37(24)30-11-9-29(22-45)10-12-30)31-7-6-8-32(19-31)43-36(59)20-33-38(53-26(3)47)40(55-28(5)49)39(54-27(4)48)35(56-33)23-50-25(2)46/h6-12,19,24,33-35,37-41,45H,13-18,20-23H2,1-5H3,(H,43,59). The minimum absolute atomic E-state index is 0.0171. The van der Waals surface area contributed by atoms with Crippen LogP contribution in [0.1, 0.15) is 83.0 Å². The highest BCUT2D eigenvalue weighted by Gasteiger charge is 2.52. The third-order valence-electron chi connectivity index (χ3n) is 10.9. The number of hydrogen-bond acceptors (Lipinski definition) is 16. The zero-order valence-corrected chi connectivity index (χ0v) is 34.8. The molecule has 4 saturated heterocycles. The van der Waals surface area contributed by atoms with E-state index in [-0.39, 0.29) is 42.7 Å². The van der Waals surface area contributed by atoms with E-state index in [1.807, 2.05) is 48.5 Å². The van der Waals surface area contributed by atoms with Crippen molar-refractivity contribution in [3.05, 3.63) is 65.2 Å². The van der Waals surface area contributed by atoms with Crippen LogP contribution < -0.4 is 5.32 Å². The van der Waals surface area contributed by atoms with E-state index in [9.17, 15) is 24.3 Å². The number of carbonyl (C=O) groups excluding carboxylic acids is 4. The van der Waals surface area contributed by atoms with Crippen molar-refractivity contribution in [2.45, 2.75) is 115 Å². The van der Waals surface area contributed by atoms with Crippen molar-refractivity contribution < 1.29 is 66.9 Å². The molecule has 1 spiro atoms. The van der Waals surface area contributed by atoms with Crippen LogP contribution >= 0.6 is 12.2 Å². The van der Waals surface area contributed by atoms with Gasteiger partial charge >= 0.3 is 23.9 Å². The number of aliphatic hydroxyl groups excluding tert-OH is 1. The first-order valence-corrected chi connectivity index (χ1v) is 20.3. The average molecular weight is 843 g/mol. The molecule has 0 aliphatic carbocycles. The molecule has 9 atom stereocenters. The van der Waals surface area contributed by atoms with E-state index in [1.54, 1.807) is 0 Å². The quantitative estimate of drug-likeness (QED) is 0.167. The summed E-state index contributed by atoms with van der Waals surface area (Å²) in [5, 5.41) is 12.9. The van der Waals surface area contributed by atoms with Crippen molar-refractivity contribution in [3.8, 4) is 0 Å². The maximum absolute atomic E-state index is 12.3. The van der Waals surface area contributed by atoms with Crippen molar-refractivity contribution >= 4 is 46.8 Å². The molecule has 322 valence electrons. The predicted octanol–water partition coefficient (Wildman–Crippen LogP) is 4.06. The van der Waals surface area contributed by atoms with Gasteiger partial charge in [0, 0.05) is 83.8 Å². The van der Waals surface area contributed by atoms with Crippen LogP contribution in [0, 0.1) is 5.92 Å². The molecule has 0 bridgehead atoms. The Morgan fingerprint density at radius 1 is 0.797 bits per heavy atom. The Kier molecular flexibility index (Phi) is 15.1. The second kappa shape index (κ2) is 20.0. The summed E-state index contributed by atoms with van der Waals surface area (Å²) in [4.78, 5) is 51.2. The molecule has 4 aliphatic rings. The van der Waals surface area contributed by atoms with Gasteiger partial charge in [-0.2, -0.15) is 0 Å². The summed E-state index contributed by atoms with van der Waals surface area (Å²) in [5.74, 6) is -3.25. The lowest BCUT2D eigenvalue weighted by Crippen LogP contribution is -2.62. The highest BCUT2D eigenvalue weighted by molar-refractivity contribution is 7.80. The highest BCUT2D eigenvalue weighted by atomic mass is 32.1. The van der Waals surface area contributed by atoms with Gasteiger partial charge < -0.3 is 58.0 Å². The van der Waals surface area contributed by atoms with Crippen LogP contribution in [0.3, 0.4) is 0 Å². The highest BCUT2D eigenvalue weighted by Crippen LogP contribution is 2.43. The monoisotopic (exact) mass is 842 g/mol. The van der Waals surface area contributed by atoms with Crippen LogP contribution in [-0.4, -0.2) is 121 Å². The molecule has 16 nitrogen and oxygen atoms in total. The summed E-state index contributed by atoms with van der Waals surface area (Å²) < 4.78 is 53.5. The lowest BCUT2D eigenvalue weighted by molar-refractivity contribution is -0.278. The van der Waals surface area contributed by atoms with Gasteiger partial charge in [-0.3, -0.25) is 19.2 Å². The Bertz CT molecular complexity index is 1800. The zero-order chi connectivity index (χ0) is 42.3. The number of carbonyl (C=O) groups is 4. The van der Waals surface area contributed by atoms with Gasteiger partial charge in [0.2, 0.25) is 0 Å². The second-order valence-electron chi connectivity index (χ2n) is 15.3. The summed E-state index contributed by atoms with van der Waals surface area (Å²) in [7, 11) is 0. The van der Waals surface area contributed by atoms with Gasteiger partial charge in [-0.25, -0.2) is 0 Å². The third-order valence-corrected chi connectivity index (χ3v) is 11.2. The van der Waals surface area contributed by atoms with Crippen molar-refractivity contribution in [3.63, 3.8) is 0 Å². The molecule has 6 rings (SSSR count). The second-order valence-corrected chi connectivity index (χ2v) is 15.8. The molecule has 4 fully saturated rings. The van der Waals surface area contributed by atoms with Crippen LogP contribution in [0.2, 0.25) is 0 Å².